The first-order chi connectivity index (χ1) is 33.0. The van der Waals surface area contributed by atoms with Crippen molar-refractivity contribution in [3.63, 3.8) is 0 Å². The summed E-state index contributed by atoms with van der Waals surface area (Å²) in [6.07, 6.45) is 1.98. The Balaban J connectivity index is 0.00000553. The molecule has 0 fully saturated rings. The molecular formula is C64H55N4Pt-3. The van der Waals surface area contributed by atoms with Crippen LogP contribution in [-0.4, -0.2) is 9.55 Å². The van der Waals surface area contributed by atoms with Crippen LogP contribution in [0, 0.1) is 46.5 Å². The summed E-state index contributed by atoms with van der Waals surface area (Å²) in [5, 5.41) is 2.31. The molecule has 69 heavy (non-hydrogen) atoms. The van der Waals surface area contributed by atoms with Crippen LogP contribution in [0.25, 0.3) is 61.0 Å². The van der Waals surface area contributed by atoms with Crippen molar-refractivity contribution < 1.29 is 21.1 Å². The van der Waals surface area contributed by atoms with Gasteiger partial charge in [0.1, 0.15) is 5.82 Å². The summed E-state index contributed by atoms with van der Waals surface area (Å²) in [4.78, 5) is 9.78. The SMILES string of the molecule is Cc1cccc(C)c1-c1cccc(-c2c(C)cccc2C)c1-c1ccnc(-n2c3[c-]c(C(C)(C)c4[c-]c(N5[CH-]N(c6ccccc6C(C)C)c6ccccc65)ccc4)ccc3c3ccccc32)c1.[Pt]. The summed E-state index contributed by atoms with van der Waals surface area (Å²) in [5.41, 5.74) is 21.9. The number of anilines is 4. The van der Waals surface area contributed by atoms with Crippen LogP contribution in [0.4, 0.5) is 22.7 Å². The van der Waals surface area contributed by atoms with Crippen molar-refractivity contribution in [1.82, 2.24) is 9.55 Å². The monoisotopic (exact) mass is 1070 g/mol. The second kappa shape index (κ2) is 18.1. The van der Waals surface area contributed by atoms with Crippen LogP contribution < -0.4 is 9.80 Å². The Morgan fingerprint density at radius 3 is 1.75 bits per heavy atom. The molecule has 1 aliphatic rings. The van der Waals surface area contributed by atoms with Gasteiger partial charge in [-0.1, -0.05) is 136 Å². The molecule has 0 saturated carbocycles. The van der Waals surface area contributed by atoms with Gasteiger partial charge in [0.15, 0.2) is 0 Å². The van der Waals surface area contributed by atoms with Gasteiger partial charge in [-0.25, -0.2) is 4.98 Å². The van der Waals surface area contributed by atoms with Crippen molar-refractivity contribution in [3.05, 3.63) is 234 Å². The molecule has 0 atom stereocenters. The number of pyridine rings is 1. The standard InChI is InChI=1S/C64H55N4.Pt/c1-41(2)50-25-9-11-29-55(50)67-40-66(57-31-13-14-32-58(57)67)49-24-17-23-47(38-49)64(7,8)48-33-34-52-51-26-10-12-30-56(51)68(59(52)39-48)60-37-46(35-36-65-60)63-53(61-42(3)19-15-20-43(61)4)27-18-28-54(63)62-44(5)21-16-22-45(62)6;/h9-37,40-41H,1-8H3;/q-3;. The molecular weight excluding hydrogens is 1020 g/mol. The molecule has 4 nitrogen and oxygen atoms in total. The van der Waals surface area contributed by atoms with Gasteiger partial charge < -0.3 is 14.4 Å². The van der Waals surface area contributed by atoms with Crippen molar-refractivity contribution in [2.24, 2.45) is 0 Å². The molecule has 0 aliphatic carbocycles. The second-order valence-electron chi connectivity index (χ2n) is 19.3. The van der Waals surface area contributed by atoms with Crippen LogP contribution in [0.2, 0.25) is 0 Å². The molecule has 8 aromatic carbocycles. The summed E-state index contributed by atoms with van der Waals surface area (Å²) in [6, 6.07) is 69.5. The molecule has 0 saturated heterocycles. The third-order valence-corrected chi connectivity index (χ3v) is 14.2. The number of hydrogen-bond donors (Lipinski definition) is 0. The summed E-state index contributed by atoms with van der Waals surface area (Å²) >= 11 is 0. The number of para-hydroxylation sites is 4. The number of aryl methyl sites for hydroxylation is 4. The van der Waals surface area contributed by atoms with Gasteiger partial charge >= 0.3 is 0 Å². The molecule has 1 aliphatic heterocycles. The van der Waals surface area contributed by atoms with Crippen molar-refractivity contribution in [1.29, 1.82) is 0 Å². The largest absolute Gasteiger partial charge is 0.493 e. The predicted octanol–water partition coefficient (Wildman–Crippen LogP) is 16.9. The zero-order chi connectivity index (χ0) is 46.8. The van der Waals surface area contributed by atoms with Crippen molar-refractivity contribution in [3.8, 4) is 39.2 Å². The number of nitrogens with zero attached hydrogens (tertiary/aromatic N) is 4. The van der Waals surface area contributed by atoms with Crippen LogP contribution >= 0.6 is 0 Å². The van der Waals surface area contributed by atoms with Gasteiger partial charge in [-0.3, -0.25) is 0 Å². The van der Waals surface area contributed by atoms with E-state index in [1.54, 1.807) is 0 Å². The molecule has 0 radical (unpaired) electrons. The van der Waals surface area contributed by atoms with Gasteiger partial charge in [-0.15, -0.1) is 17.7 Å². The van der Waals surface area contributed by atoms with Crippen LogP contribution in [0.3, 0.4) is 0 Å². The maximum Gasteiger partial charge on any atom is 0.136 e. The van der Waals surface area contributed by atoms with E-state index in [2.05, 4.69) is 258 Å². The van der Waals surface area contributed by atoms with E-state index in [0.717, 1.165) is 56.0 Å². The zero-order valence-electron chi connectivity index (χ0n) is 40.5. The van der Waals surface area contributed by atoms with Gasteiger partial charge in [-0.2, -0.15) is 53.6 Å². The summed E-state index contributed by atoms with van der Waals surface area (Å²) < 4.78 is 2.31. The number of hydrogen-bond acceptors (Lipinski definition) is 3. The second-order valence-corrected chi connectivity index (χ2v) is 19.3. The summed E-state index contributed by atoms with van der Waals surface area (Å²) in [7, 11) is 0. The molecule has 2 aromatic heterocycles. The number of benzene rings is 8. The third kappa shape index (κ3) is 7.80. The van der Waals surface area contributed by atoms with Crippen LogP contribution in [0.5, 0.6) is 0 Å². The minimum absolute atomic E-state index is 0. The van der Waals surface area contributed by atoms with E-state index >= 15 is 0 Å². The van der Waals surface area contributed by atoms with Crippen molar-refractivity contribution in [2.45, 2.75) is 66.7 Å². The normalized spacial score (nSPS) is 12.5. The Morgan fingerprint density at radius 1 is 0.522 bits per heavy atom. The van der Waals surface area contributed by atoms with E-state index in [9.17, 15) is 0 Å². The fourth-order valence-electron chi connectivity index (χ4n) is 10.7. The van der Waals surface area contributed by atoms with Gasteiger partial charge in [0.25, 0.3) is 0 Å². The minimum Gasteiger partial charge on any atom is -0.493 e. The van der Waals surface area contributed by atoms with Gasteiger partial charge in [0, 0.05) is 49.8 Å². The topological polar surface area (TPSA) is 24.3 Å². The first-order valence-corrected chi connectivity index (χ1v) is 23.8. The van der Waals surface area contributed by atoms with E-state index in [0.29, 0.717) is 5.92 Å². The fraction of sp³-hybridized carbons (Fsp3) is 0.156. The van der Waals surface area contributed by atoms with Crippen molar-refractivity contribution >= 4 is 44.6 Å². The van der Waals surface area contributed by atoms with E-state index in [1.807, 2.05) is 6.20 Å². The average Bonchev–Trinajstić information content (AvgIpc) is 3.90. The third-order valence-electron chi connectivity index (χ3n) is 14.2. The Kier molecular flexibility index (Phi) is 12.0. The van der Waals surface area contributed by atoms with E-state index < -0.39 is 5.41 Å². The molecule has 0 spiro atoms. The van der Waals surface area contributed by atoms with Crippen LogP contribution in [0.15, 0.2) is 176 Å². The molecule has 5 heteroatoms. The molecule has 3 heterocycles. The number of aromatic nitrogens is 2. The molecule has 11 rings (SSSR count). The quantitative estimate of drug-likeness (QED) is 0.135. The Morgan fingerprint density at radius 2 is 1.09 bits per heavy atom. The van der Waals surface area contributed by atoms with Crippen molar-refractivity contribution in [2.75, 3.05) is 9.80 Å². The zero-order valence-corrected chi connectivity index (χ0v) is 42.8. The Labute approximate surface area is 422 Å². The first kappa shape index (κ1) is 45.8. The van der Waals surface area contributed by atoms with Gasteiger partial charge in [0.05, 0.1) is 0 Å². The van der Waals surface area contributed by atoms with Gasteiger partial charge in [0.2, 0.25) is 0 Å². The minimum atomic E-state index is -0.450. The smallest absolute Gasteiger partial charge is 0.136 e. The Hall–Kier alpha value is -7.00. The predicted molar refractivity (Wildman–Crippen MR) is 286 cm³/mol. The van der Waals surface area contributed by atoms with Crippen LogP contribution in [-0.2, 0) is 26.5 Å². The molecule has 0 amide bonds. The molecule has 10 aromatic rings. The molecule has 0 bridgehead atoms. The summed E-state index contributed by atoms with van der Waals surface area (Å²) in [6.45, 7) is 20.2. The van der Waals surface area contributed by atoms with Gasteiger partial charge in [-0.05, 0) is 142 Å². The fourth-order valence-corrected chi connectivity index (χ4v) is 10.7. The number of fused-ring (bicyclic) bond motifs is 4. The average molecular weight is 1080 g/mol. The van der Waals surface area contributed by atoms with E-state index in [1.165, 1.54) is 66.7 Å². The first-order valence-electron chi connectivity index (χ1n) is 23.8. The number of rotatable bonds is 9. The maximum atomic E-state index is 5.17. The molecule has 0 N–H and O–H groups in total. The maximum absolute atomic E-state index is 5.17. The Bertz CT molecular complexity index is 3470. The van der Waals surface area contributed by atoms with Crippen LogP contribution in [0.1, 0.15) is 72.6 Å². The summed E-state index contributed by atoms with van der Waals surface area (Å²) in [5.74, 6) is 1.23. The van der Waals surface area contributed by atoms with E-state index in [4.69, 9.17) is 4.98 Å². The molecule has 344 valence electrons. The van der Waals surface area contributed by atoms with E-state index in [-0.39, 0.29) is 21.1 Å². The molecule has 0 unspecified atom stereocenters.